The van der Waals surface area contributed by atoms with Gasteiger partial charge in [-0.3, -0.25) is 4.79 Å². The van der Waals surface area contributed by atoms with Crippen LogP contribution in [-0.2, 0) is 11.2 Å². The summed E-state index contributed by atoms with van der Waals surface area (Å²) in [5, 5.41) is 3.40. The molecule has 7 heteroatoms. The maximum Gasteiger partial charge on any atom is 0.238 e. The van der Waals surface area contributed by atoms with Gasteiger partial charge in [-0.15, -0.1) is 0 Å². The first-order chi connectivity index (χ1) is 9.62. The number of nitrogens with zero attached hydrogens (tertiary/aromatic N) is 2. The van der Waals surface area contributed by atoms with Gasteiger partial charge in [0.25, 0.3) is 0 Å². The molecule has 1 fully saturated rings. The van der Waals surface area contributed by atoms with Gasteiger partial charge in [0.2, 0.25) is 5.91 Å². The van der Waals surface area contributed by atoms with Crippen LogP contribution in [0.15, 0.2) is 4.34 Å². The summed E-state index contributed by atoms with van der Waals surface area (Å²) < 4.78 is 5.20. The average Bonchev–Trinajstić information content (AvgIpc) is 3.18. The fraction of sp³-hybridized carbons (Fsp3) is 0.769. The topological polar surface area (TPSA) is 80.9 Å². The summed E-state index contributed by atoms with van der Waals surface area (Å²) in [7, 11) is 0. The van der Waals surface area contributed by atoms with Gasteiger partial charge in [-0.05, 0) is 43.3 Å². The first-order valence-corrected chi connectivity index (χ1v) is 8.88. The number of aryl methyl sites for hydroxylation is 1. The van der Waals surface area contributed by atoms with Crippen LogP contribution in [0.2, 0.25) is 0 Å². The van der Waals surface area contributed by atoms with E-state index in [2.05, 4.69) is 21.6 Å². The molecule has 0 saturated heterocycles. The number of thioether (sulfide) groups is 1. The number of carbonyl (C=O) groups excluding carboxylic acids is 1. The highest BCUT2D eigenvalue weighted by atomic mass is 32.2. The molecule has 3 N–H and O–H groups in total. The highest BCUT2D eigenvalue weighted by Crippen LogP contribution is 2.42. The quantitative estimate of drug-likeness (QED) is 0.680. The number of nitrogens with two attached hydrogens (primary N) is 1. The molecule has 2 rings (SSSR count). The lowest BCUT2D eigenvalue weighted by Gasteiger charge is -2.31. The second-order valence-electron chi connectivity index (χ2n) is 5.16. The van der Waals surface area contributed by atoms with E-state index < -0.39 is 5.54 Å². The summed E-state index contributed by atoms with van der Waals surface area (Å²) in [4.78, 5) is 16.4. The number of hydrogen-bond acceptors (Lipinski definition) is 6. The van der Waals surface area contributed by atoms with Crippen LogP contribution in [0.1, 0.15) is 38.9 Å². The fourth-order valence-corrected chi connectivity index (χ4v) is 4.21. The third kappa shape index (κ3) is 3.51. The standard InChI is InChI=1S/C13H22N4OS2/c1-3-7-15-13(11(14)18,9-5-6-9)8-19-12-16-10(4-2)17-20-12/h9,15H,3-8H2,1-2H3,(H2,14,18). The molecule has 1 aliphatic rings. The number of carbonyl (C=O) groups is 1. The van der Waals surface area contributed by atoms with Crippen LogP contribution >= 0.6 is 23.3 Å². The molecule has 0 aliphatic heterocycles. The Morgan fingerprint density at radius 3 is 2.80 bits per heavy atom. The van der Waals surface area contributed by atoms with Crippen LogP contribution in [0.5, 0.6) is 0 Å². The van der Waals surface area contributed by atoms with Gasteiger partial charge < -0.3 is 11.1 Å². The van der Waals surface area contributed by atoms with Crippen LogP contribution in [0.4, 0.5) is 0 Å². The van der Waals surface area contributed by atoms with Gasteiger partial charge >= 0.3 is 0 Å². The van der Waals surface area contributed by atoms with E-state index in [1.165, 1.54) is 11.5 Å². The molecule has 20 heavy (non-hydrogen) atoms. The third-order valence-electron chi connectivity index (χ3n) is 3.59. The van der Waals surface area contributed by atoms with E-state index in [0.29, 0.717) is 11.7 Å². The molecular formula is C13H22N4OS2. The fourth-order valence-electron chi connectivity index (χ4n) is 2.21. The number of aromatic nitrogens is 2. The van der Waals surface area contributed by atoms with Crippen molar-refractivity contribution in [2.24, 2.45) is 11.7 Å². The zero-order valence-corrected chi connectivity index (χ0v) is 13.6. The molecule has 0 radical (unpaired) electrons. The van der Waals surface area contributed by atoms with Gasteiger partial charge in [-0.1, -0.05) is 25.6 Å². The summed E-state index contributed by atoms with van der Waals surface area (Å²) in [6.07, 6.45) is 3.99. The minimum Gasteiger partial charge on any atom is -0.368 e. The molecule has 0 bridgehead atoms. The van der Waals surface area contributed by atoms with E-state index in [4.69, 9.17) is 5.73 Å². The monoisotopic (exact) mass is 314 g/mol. The summed E-state index contributed by atoms with van der Waals surface area (Å²) >= 11 is 3.00. The van der Waals surface area contributed by atoms with Gasteiger partial charge in [-0.2, -0.15) is 4.37 Å². The van der Waals surface area contributed by atoms with E-state index in [1.54, 1.807) is 11.8 Å². The van der Waals surface area contributed by atoms with Crippen LogP contribution in [-0.4, -0.2) is 33.1 Å². The Balaban J connectivity index is 2.04. The molecule has 5 nitrogen and oxygen atoms in total. The Bertz CT molecular complexity index is 461. The lowest BCUT2D eigenvalue weighted by molar-refractivity contribution is -0.124. The van der Waals surface area contributed by atoms with Crippen molar-refractivity contribution < 1.29 is 4.79 Å². The summed E-state index contributed by atoms with van der Waals surface area (Å²) in [5.41, 5.74) is 5.12. The summed E-state index contributed by atoms with van der Waals surface area (Å²) in [6.45, 7) is 4.95. The molecule has 1 heterocycles. The van der Waals surface area contributed by atoms with Crippen LogP contribution in [0.25, 0.3) is 0 Å². The van der Waals surface area contributed by atoms with E-state index in [0.717, 1.165) is 42.4 Å². The number of primary amides is 1. The highest BCUT2D eigenvalue weighted by molar-refractivity contribution is 8.01. The predicted molar refractivity (Wildman–Crippen MR) is 83.0 cm³/mol. The van der Waals surface area contributed by atoms with Gasteiger partial charge in [0.15, 0.2) is 4.34 Å². The molecule has 0 spiro atoms. The third-order valence-corrected chi connectivity index (χ3v) is 5.66. The first-order valence-electron chi connectivity index (χ1n) is 7.12. The van der Waals surface area contributed by atoms with E-state index in [9.17, 15) is 4.79 Å². The molecule has 1 saturated carbocycles. The van der Waals surface area contributed by atoms with Crippen molar-refractivity contribution in [3.8, 4) is 0 Å². The molecule has 0 aromatic carbocycles. The maximum atomic E-state index is 12.0. The zero-order chi connectivity index (χ0) is 14.6. The Morgan fingerprint density at radius 2 is 2.30 bits per heavy atom. The molecule has 1 aromatic rings. The Kier molecular flexibility index (Phi) is 5.40. The van der Waals surface area contributed by atoms with Crippen LogP contribution < -0.4 is 11.1 Å². The smallest absolute Gasteiger partial charge is 0.238 e. The van der Waals surface area contributed by atoms with Gasteiger partial charge in [0, 0.05) is 12.2 Å². The Labute approximate surface area is 128 Å². The van der Waals surface area contributed by atoms with Crippen molar-refractivity contribution in [3.05, 3.63) is 5.82 Å². The van der Waals surface area contributed by atoms with E-state index in [1.807, 2.05) is 6.92 Å². The molecule has 1 amide bonds. The molecule has 1 aromatic heterocycles. The van der Waals surface area contributed by atoms with Crippen LogP contribution in [0, 0.1) is 5.92 Å². The van der Waals surface area contributed by atoms with Crippen molar-refractivity contribution in [3.63, 3.8) is 0 Å². The summed E-state index contributed by atoms with van der Waals surface area (Å²) in [6, 6.07) is 0. The Morgan fingerprint density at radius 1 is 1.55 bits per heavy atom. The average molecular weight is 314 g/mol. The predicted octanol–water partition coefficient (Wildman–Crippen LogP) is 1.83. The number of hydrogen-bond donors (Lipinski definition) is 2. The Hall–Kier alpha value is -0.660. The number of nitrogens with one attached hydrogen (secondary N) is 1. The molecule has 1 atom stereocenters. The summed E-state index contributed by atoms with van der Waals surface area (Å²) in [5.74, 6) is 1.65. The van der Waals surface area contributed by atoms with Gasteiger partial charge in [0.1, 0.15) is 11.4 Å². The zero-order valence-electron chi connectivity index (χ0n) is 12.0. The molecule has 1 aliphatic carbocycles. The number of rotatable bonds is 9. The lowest BCUT2D eigenvalue weighted by atomic mass is 9.94. The molecule has 112 valence electrons. The highest BCUT2D eigenvalue weighted by Gasteiger charge is 2.49. The van der Waals surface area contributed by atoms with Crippen molar-refractivity contribution in [2.45, 2.75) is 49.4 Å². The van der Waals surface area contributed by atoms with Crippen molar-refractivity contribution in [1.82, 2.24) is 14.7 Å². The largest absolute Gasteiger partial charge is 0.368 e. The normalized spacial score (nSPS) is 17.9. The van der Waals surface area contributed by atoms with E-state index in [-0.39, 0.29) is 5.91 Å². The minimum atomic E-state index is -0.585. The molecular weight excluding hydrogens is 292 g/mol. The second-order valence-corrected chi connectivity index (χ2v) is 7.13. The SMILES string of the molecule is CCCNC(CSc1nc(CC)ns1)(C(N)=O)C1CC1. The maximum absolute atomic E-state index is 12.0. The van der Waals surface area contributed by atoms with E-state index >= 15 is 0 Å². The van der Waals surface area contributed by atoms with Crippen molar-refractivity contribution in [2.75, 3.05) is 12.3 Å². The van der Waals surface area contributed by atoms with Gasteiger partial charge in [0.05, 0.1) is 0 Å². The first kappa shape index (κ1) is 15.7. The van der Waals surface area contributed by atoms with Crippen molar-refractivity contribution in [1.29, 1.82) is 0 Å². The van der Waals surface area contributed by atoms with Crippen molar-refractivity contribution >= 4 is 29.2 Å². The number of amides is 1. The second kappa shape index (κ2) is 6.87. The van der Waals surface area contributed by atoms with Gasteiger partial charge in [-0.25, -0.2) is 4.98 Å². The minimum absolute atomic E-state index is 0.235. The van der Waals surface area contributed by atoms with Crippen LogP contribution in [0.3, 0.4) is 0 Å². The lowest BCUT2D eigenvalue weighted by Crippen LogP contribution is -2.59. The molecule has 1 unspecified atom stereocenters.